The van der Waals surface area contributed by atoms with Gasteiger partial charge in [-0.3, -0.25) is 4.99 Å². The van der Waals surface area contributed by atoms with Crippen molar-refractivity contribution in [2.45, 2.75) is 44.2 Å². The van der Waals surface area contributed by atoms with Crippen molar-refractivity contribution in [3.05, 3.63) is 47.0 Å². The van der Waals surface area contributed by atoms with Crippen molar-refractivity contribution in [3.63, 3.8) is 0 Å². The molecule has 1 fully saturated rings. The number of hydrogen-bond donors (Lipinski definition) is 2. The quantitative estimate of drug-likeness (QED) is 0.326. The van der Waals surface area contributed by atoms with Crippen molar-refractivity contribution >= 4 is 41.5 Å². The molecule has 120 valence electrons. The van der Waals surface area contributed by atoms with Crippen LogP contribution in [-0.4, -0.2) is 24.6 Å². The van der Waals surface area contributed by atoms with Crippen LogP contribution in [0.4, 0.5) is 0 Å². The summed E-state index contributed by atoms with van der Waals surface area (Å²) in [5.41, 5.74) is 1.32. The van der Waals surface area contributed by atoms with E-state index in [0.717, 1.165) is 36.8 Å². The molecule has 1 aromatic carbocycles. The molecule has 2 aliphatic carbocycles. The SMILES string of the molecule is CCN=C(NC1CC=CC1)NC1CC1c1cccc(Cl)c1.I. The average Bonchev–Trinajstić information content (AvgIpc) is 3.03. The van der Waals surface area contributed by atoms with Gasteiger partial charge in [0.05, 0.1) is 0 Å². The van der Waals surface area contributed by atoms with Crippen molar-refractivity contribution in [1.82, 2.24) is 10.6 Å². The molecule has 2 aliphatic rings. The maximum absolute atomic E-state index is 6.07. The lowest BCUT2D eigenvalue weighted by Gasteiger charge is -2.17. The number of guanidine groups is 1. The normalized spacial score (nSPS) is 24.0. The van der Waals surface area contributed by atoms with Gasteiger partial charge in [0.2, 0.25) is 0 Å². The molecule has 0 aromatic heterocycles. The van der Waals surface area contributed by atoms with Gasteiger partial charge in [0, 0.05) is 29.6 Å². The number of halogens is 2. The molecule has 0 amide bonds. The first kappa shape index (κ1) is 17.6. The van der Waals surface area contributed by atoms with E-state index in [2.05, 4.69) is 46.8 Å². The highest BCUT2D eigenvalue weighted by atomic mass is 127. The van der Waals surface area contributed by atoms with Gasteiger partial charge in [-0.1, -0.05) is 35.9 Å². The predicted molar refractivity (Wildman–Crippen MR) is 104 cm³/mol. The maximum Gasteiger partial charge on any atom is 0.191 e. The lowest BCUT2D eigenvalue weighted by Crippen LogP contribution is -2.43. The number of aliphatic imine (C=N–C) groups is 1. The molecule has 0 radical (unpaired) electrons. The fourth-order valence-corrected chi connectivity index (χ4v) is 3.05. The Hall–Kier alpha value is -0.750. The van der Waals surface area contributed by atoms with Gasteiger partial charge >= 0.3 is 0 Å². The van der Waals surface area contributed by atoms with Gasteiger partial charge in [-0.2, -0.15) is 0 Å². The minimum atomic E-state index is 0. The second-order valence-electron chi connectivity index (χ2n) is 5.76. The number of benzene rings is 1. The standard InChI is InChI=1S/C17H22ClN3.HI/c1-2-19-17(20-14-8-3-4-9-14)21-16-11-15(16)12-6-5-7-13(18)10-12;/h3-7,10,14-16H,2,8-9,11H2,1H3,(H2,19,20,21);1H. The van der Waals surface area contributed by atoms with Gasteiger partial charge in [0.25, 0.3) is 0 Å². The highest BCUT2D eigenvalue weighted by Crippen LogP contribution is 2.41. The molecule has 0 bridgehead atoms. The molecule has 0 heterocycles. The molecule has 0 spiro atoms. The topological polar surface area (TPSA) is 36.4 Å². The second kappa shape index (κ2) is 8.20. The highest BCUT2D eigenvalue weighted by Gasteiger charge is 2.39. The monoisotopic (exact) mass is 431 g/mol. The van der Waals surface area contributed by atoms with E-state index in [1.807, 2.05) is 12.1 Å². The second-order valence-corrected chi connectivity index (χ2v) is 6.19. The molecule has 2 atom stereocenters. The molecule has 2 unspecified atom stereocenters. The minimum absolute atomic E-state index is 0. The summed E-state index contributed by atoms with van der Waals surface area (Å²) in [7, 11) is 0. The molecule has 5 heteroatoms. The Morgan fingerprint density at radius 1 is 1.27 bits per heavy atom. The summed E-state index contributed by atoms with van der Waals surface area (Å²) in [6.45, 7) is 2.86. The summed E-state index contributed by atoms with van der Waals surface area (Å²) in [6.07, 6.45) is 7.79. The van der Waals surface area contributed by atoms with E-state index in [1.165, 1.54) is 5.56 Å². The number of rotatable bonds is 4. The third kappa shape index (κ3) is 4.62. The van der Waals surface area contributed by atoms with E-state index in [0.29, 0.717) is 18.0 Å². The van der Waals surface area contributed by atoms with E-state index in [9.17, 15) is 0 Å². The van der Waals surface area contributed by atoms with Gasteiger partial charge < -0.3 is 10.6 Å². The Morgan fingerprint density at radius 3 is 2.73 bits per heavy atom. The zero-order chi connectivity index (χ0) is 14.7. The van der Waals surface area contributed by atoms with Crippen molar-refractivity contribution in [3.8, 4) is 0 Å². The van der Waals surface area contributed by atoms with E-state index >= 15 is 0 Å². The molecule has 1 saturated carbocycles. The molecule has 3 nitrogen and oxygen atoms in total. The van der Waals surface area contributed by atoms with Crippen LogP contribution in [0.15, 0.2) is 41.4 Å². The number of nitrogens with zero attached hydrogens (tertiary/aromatic N) is 1. The Kier molecular flexibility index (Phi) is 6.56. The third-order valence-electron chi connectivity index (χ3n) is 4.05. The van der Waals surface area contributed by atoms with Gasteiger partial charge in [0.1, 0.15) is 0 Å². The molecule has 22 heavy (non-hydrogen) atoms. The Labute approximate surface area is 154 Å². The number of nitrogens with one attached hydrogen (secondary N) is 2. The minimum Gasteiger partial charge on any atom is -0.353 e. The first-order valence-corrected chi connectivity index (χ1v) is 8.12. The highest BCUT2D eigenvalue weighted by molar-refractivity contribution is 14.0. The van der Waals surface area contributed by atoms with Crippen LogP contribution in [0.1, 0.15) is 37.7 Å². The molecule has 2 N–H and O–H groups in total. The number of hydrogen-bond acceptors (Lipinski definition) is 1. The zero-order valence-electron chi connectivity index (χ0n) is 12.8. The molecular formula is C17H23ClIN3. The van der Waals surface area contributed by atoms with Gasteiger partial charge in [-0.25, -0.2) is 0 Å². The van der Waals surface area contributed by atoms with Gasteiger partial charge in [0.15, 0.2) is 5.96 Å². The first-order valence-electron chi connectivity index (χ1n) is 7.74. The van der Waals surface area contributed by atoms with Crippen LogP contribution in [0.3, 0.4) is 0 Å². The van der Waals surface area contributed by atoms with Crippen molar-refractivity contribution in [2.24, 2.45) is 4.99 Å². The van der Waals surface area contributed by atoms with Crippen LogP contribution in [-0.2, 0) is 0 Å². The fourth-order valence-electron chi connectivity index (χ4n) is 2.86. The lowest BCUT2D eigenvalue weighted by atomic mass is 10.1. The van der Waals surface area contributed by atoms with E-state index in [-0.39, 0.29) is 24.0 Å². The van der Waals surface area contributed by atoms with Crippen LogP contribution >= 0.6 is 35.6 Å². The lowest BCUT2D eigenvalue weighted by molar-refractivity contribution is 0.629. The summed E-state index contributed by atoms with van der Waals surface area (Å²) in [5, 5.41) is 7.89. The summed E-state index contributed by atoms with van der Waals surface area (Å²) in [4.78, 5) is 4.55. The zero-order valence-corrected chi connectivity index (χ0v) is 15.8. The Balaban J connectivity index is 0.00000176. The molecular weight excluding hydrogens is 409 g/mol. The van der Waals surface area contributed by atoms with Crippen LogP contribution in [0.25, 0.3) is 0 Å². The largest absolute Gasteiger partial charge is 0.353 e. The van der Waals surface area contributed by atoms with Crippen LogP contribution in [0, 0.1) is 0 Å². The van der Waals surface area contributed by atoms with Crippen LogP contribution in [0.5, 0.6) is 0 Å². The fraction of sp³-hybridized carbons (Fsp3) is 0.471. The van der Waals surface area contributed by atoms with Gasteiger partial charge in [-0.15, -0.1) is 24.0 Å². The van der Waals surface area contributed by atoms with Crippen LogP contribution < -0.4 is 10.6 Å². The maximum atomic E-state index is 6.07. The van der Waals surface area contributed by atoms with E-state index in [1.54, 1.807) is 0 Å². The van der Waals surface area contributed by atoms with Crippen molar-refractivity contribution in [1.29, 1.82) is 0 Å². The average molecular weight is 432 g/mol. The summed E-state index contributed by atoms with van der Waals surface area (Å²) in [6, 6.07) is 9.13. The van der Waals surface area contributed by atoms with Crippen LogP contribution in [0.2, 0.25) is 5.02 Å². The molecule has 1 aromatic rings. The predicted octanol–water partition coefficient (Wildman–Crippen LogP) is 4.09. The first-order chi connectivity index (χ1) is 10.3. The Morgan fingerprint density at radius 2 is 2.05 bits per heavy atom. The Bertz CT molecular complexity index is 551. The van der Waals surface area contributed by atoms with Gasteiger partial charge in [-0.05, 0) is 43.9 Å². The molecule has 0 aliphatic heterocycles. The summed E-state index contributed by atoms with van der Waals surface area (Å²) >= 11 is 6.07. The molecule has 0 saturated heterocycles. The van der Waals surface area contributed by atoms with E-state index < -0.39 is 0 Å². The molecule has 3 rings (SSSR count). The summed E-state index contributed by atoms with van der Waals surface area (Å²) in [5.74, 6) is 1.50. The smallest absolute Gasteiger partial charge is 0.191 e. The summed E-state index contributed by atoms with van der Waals surface area (Å²) < 4.78 is 0. The van der Waals surface area contributed by atoms with E-state index in [4.69, 9.17) is 11.6 Å². The van der Waals surface area contributed by atoms with Crippen molar-refractivity contribution in [2.75, 3.05) is 6.54 Å². The van der Waals surface area contributed by atoms with Crippen molar-refractivity contribution < 1.29 is 0 Å². The third-order valence-corrected chi connectivity index (χ3v) is 4.29.